The van der Waals surface area contributed by atoms with Gasteiger partial charge in [0.1, 0.15) is 11.4 Å². The Labute approximate surface area is 203 Å². The summed E-state index contributed by atoms with van der Waals surface area (Å²) in [6.45, 7) is 3.41. The SMILES string of the molecule is CCCCCCCCCCCC[N+](C)(C)c1ccc(C(=O)c2ccc([N+](C)(C)C)cc2)cc1. The Kier molecular flexibility index (Phi) is 10.8. The van der Waals surface area contributed by atoms with Gasteiger partial charge >= 0.3 is 0 Å². The maximum absolute atomic E-state index is 12.9. The van der Waals surface area contributed by atoms with Crippen molar-refractivity contribution in [2.24, 2.45) is 0 Å². The number of quaternary nitrogens is 2. The summed E-state index contributed by atoms with van der Waals surface area (Å²) in [4.78, 5) is 12.9. The molecule has 0 heterocycles. The number of hydrogen-bond acceptors (Lipinski definition) is 1. The van der Waals surface area contributed by atoms with Gasteiger partial charge in [-0.1, -0.05) is 58.3 Å². The van der Waals surface area contributed by atoms with Crippen LogP contribution in [-0.2, 0) is 0 Å². The Morgan fingerprint density at radius 3 is 1.39 bits per heavy atom. The van der Waals surface area contributed by atoms with Crippen molar-refractivity contribution in [1.29, 1.82) is 0 Å². The van der Waals surface area contributed by atoms with E-state index >= 15 is 0 Å². The summed E-state index contributed by atoms with van der Waals surface area (Å²) in [5.41, 5.74) is 3.96. The standard InChI is InChI=1S/C30H48N2O/c1-7-8-9-10-11-12-13-14-15-16-25-32(5,6)29-23-19-27(20-24-29)30(33)26-17-21-28(22-18-26)31(2,3)4/h17-24H,7-16,25H2,1-6H3/q+2. The van der Waals surface area contributed by atoms with E-state index in [9.17, 15) is 4.79 Å². The molecule has 0 N–H and O–H groups in total. The highest BCUT2D eigenvalue weighted by atomic mass is 16.1. The molecule has 0 amide bonds. The van der Waals surface area contributed by atoms with E-state index in [4.69, 9.17) is 0 Å². The van der Waals surface area contributed by atoms with E-state index < -0.39 is 0 Å². The molecule has 0 radical (unpaired) electrons. The molecule has 182 valence electrons. The molecule has 3 heteroatoms. The molecule has 2 aromatic rings. The molecular formula is C30H48N2O+2. The quantitative estimate of drug-likeness (QED) is 0.154. The second-order valence-corrected chi connectivity index (χ2v) is 11.0. The van der Waals surface area contributed by atoms with Gasteiger partial charge in [0, 0.05) is 11.1 Å². The van der Waals surface area contributed by atoms with Crippen LogP contribution in [0.25, 0.3) is 0 Å². The fraction of sp³-hybridized carbons (Fsp3) is 0.567. The van der Waals surface area contributed by atoms with Gasteiger partial charge in [0.15, 0.2) is 5.78 Å². The summed E-state index contributed by atoms with van der Waals surface area (Å²) in [5, 5.41) is 0. The highest BCUT2D eigenvalue weighted by Gasteiger charge is 2.20. The Morgan fingerprint density at radius 2 is 0.970 bits per heavy atom. The van der Waals surface area contributed by atoms with Crippen molar-refractivity contribution in [3.8, 4) is 0 Å². The van der Waals surface area contributed by atoms with Crippen LogP contribution in [0.15, 0.2) is 48.5 Å². The number of carbonyl (C=O) groups excluding carboxylic acids is 1. The third kappa shape index (κ3) is 9.06. The largest absolute Gasteiger partial charge is 0.298 e. The van der Waals surface area contributed by atoms with Gasteiger partial charge in [0.25, 0.3) is 0 Å². The van der Waals surface area contributed by atoms with E-state index in [1.165, 1.54) is 75.6 Å². The summed E-state index contributed by atoms with van der Waals surface area (Å²) in [6, 6.07) is 16.2. The molecule has 0 aliphatic carbocycles. The van der Waals surface area contributed by atoms with Crippen molar-refractivity contribution < 1.29 is 4.79 Å². The number of hydrogen-bond donors (Lipinski definition) is 0. The van der Waals surface area contributed by atoms with Crippen LogP contribution in [0.4, 0.5) is 11.4 Å². The molecule has 0 aliphatic rings. The number of ketones is 1. The first-order valence-corrected chi connectivity index (χ1v) is 13.1. The van der Waals surface area contributed by atoms with Crippen molar-refractivity contribution in [3.05, 3.63) is 59.7 Å². The van der Waals surface area contributed by atoms with Crippen molar-refractivity contribution >= 4 is 17.2 Å². The molecular weight excluding hydrogens is 404 g/mol. The smallest absolute Gasteiger partial charge is 0.193 e. The Bertz CT molecular complexity index is 829. The van der Waals surface area contributed by atoms with Gasteiger partial charge in [-0.3, -0.25) is 13.8 Å². The normalized spacial score (nSPS) is 12.2. The summed E-state index contributed by atoms with van der Waals surface area (Å²) >= 11 is 0. The maximum atomic E-state index is 12.9. The van der Waals surface area contributed by atoms with Gasteiger partial charge in [0.2, 0.25) is 0 Å². The van der Waals surface area contributed by atoms with Crippen molar-refractivity contribution in [3.63, 3.8) is 0 Å². The highest BCUT2D eigenvalue weighted by Crippen LogP contribution is 2.23. The van der Waals surface area contributed by atoms with Gasteiger partial charge in [-0.2, -0.15) is 0 Å². The lowest BCUT2D eigenvalue weighted by molar-refractivity contribution is 0.103. The van der Waals surface area contributed by atoms with E-state index in [1.807, 2.05) is 36.4 Å². The molecule has 2 rings (SSSR count). The van der Waals surface area contributed by atoms with Crippen LogP contribution >= 0.6 is 0 Å². The Hall–Kier alpha value is -1.97. The van der Waals surface area contributed by atoms with E-state index in [0.717, 1.165) is 26.6 Å². The molecule has 0 atom stereocenters. The minimum atomic E-state index is 0.0921. The fourth-order valence-corrected chi connectivity index (χ4v) is 4.37. The highest BCUT2D eigenvalue weighted by molar-refractivity contribution is 6.09. The summed E-state index contributed by atoms with van der Waals surface area (Å²) < 4.78 is 1.61. The molecule has 33 heavy (non-hydrogen) atoms. The molecule has 0 aliphatic heterocycles. The van der Waals surface area contributed by atoms with E-state index in [-0.39, 0.29) is 5.78 Å². The average molecular weight is 453 g/mol. The first-order chi connectivity index (χ1) is 15.6. The Balaban J connectivity index is 1.80. The molecule has 0 spiro atoms. The fourth-order valence-electron chi connectivity index (χ4n) is 4.37. The van der Waals surface area contributed by atoms with E-state index in [1.54, 1.807) is 0 Å². The minimum absolute atomic E-state index is 0.0921. The van der Waals surface area contributed by atoms with Crippen LogP contribution in [0.2, 0.25) is 0 Å². The Morgan fingerprint density at radius 1 is 0.576 bits per heavy atom. The number of benzene rings is 2. The maximum Gasteiger partial charge on any atom is 0.193 e. The number of carbonyl (C=O) groups is 1. The number of rotatable bonds is 15. The van der Waals surface area contributed by atoms with Crippen molar-refractivity contribution in [1.82, 2.24) is 8.97 Å². The molecule has 0 saturated carbocycles. The van der Waals surface area contributed by atoms with E-state index in [0.29, 0.717) is 0 Å². The van der Waals surface area contributed by atoms with Gasteiger partial charge in [-0.05, 0) is 61.4 Å². The first-order valence-electron chi connectivity index (χ1n) is 13.1. The zero-order valence-electron chi connectivity index (χ0n) is 22.2. The third-order valence-corrected chi connectivity index (χ3v) is 6.80. The van der Waals surface area contributed by atoms with Crippen LogP contribution in [0.3, 0.4) is 0 Å². The van der Waals surface area contributed by atoms with Gasteiger partial charge in [-0.25, -0.2) is 0 Å². The molecule has 2 aromatic carbocycles. The van der Waals surface area contributed by atoms with E-state index in [2.05, 4.69) is 54.3 Å². The van der Waals surface area contributed by atoms with Gasteiger partial charge in [0.05, 0.1) is 41.8 Å². The van der Waals surface area contributed by atoms with Crippen LogP contribution in [-0.4, -0.2) is 47.6 Å². The molecule has 3 nitrogen and oxygen atoms in total. The number of unbranched alkanes of at least 4 members (excludes halogenated alkanes) is 9. The molecule has 0 saturated heterocycles. The topological polar surface area (TPSA) is 17.1 Å². The summed E-state index contributed by atoms with van der Waals surface area (Å²) in [5.74, 6) is 0.0921. The second kappa shape index (κ2) is 13.1. The third-order valence-electron chi connectivity index (χ3n) is 6.80. The monoisotopic (exact) mass is 452 g/mol. The van der Waals surface area contributed by atoms with Crippen molar-refractivity contribution in [2.75, 3.05) is 41.8 Å². The average Bonchev–Trinajstić information content (AvgIpc) is 2.79. The van der Waals surface area contributed by atoms with Crippen LogP contribution in [0.1, 0.15) is 87.1 Å². The zero-order chi connectivity index (χ0) is 24.3. The predicted octanol–water partition coefficient (Wildman–Crippen LogP) is 7.60. The molecule has 0 bridgehead atoms. The molecule has 0 aromatic heterocycles. The summed E-state index contributed by atoms with van der Waals surface area (Å²) in [7, 11) is 10.9. The lowest BCUT2D eigenvalue weighted by Gasteiger charge is -2.29. The predicted molar refractivity (Wildman–Crippen MR) is 146 cm³/mol. The second-order valence-electron chi connectivity index (χ2n) is 11.0. The zero-order valence-corrected chi connectivity index (χ0v) is 22.2. The first kappa shape index (κ1) is 27.3. The minimum Gasteiger partial charge on any atom is -0.298 e. The summed E-state index contributed by atoms with van der Waals surface area (Å²) in [6.07, 6.45) is 13.7. The van der Waals surface area contributed by atoms with Crippen LogP contribution < -0.4 is 8.97 Å². The van der Waals surface area contributed by atoms with Crippen molar-refractivity contribution in [2.45, 2.75) is 71.1 Å². The lowest BCUT2D eigenvalue weighted by Crippen LogP contribution is -2.41. The number of nitrogens with zero attached hydrogens (tertiary/aromatic N) is 2. The molecule has 0 unspecified atom stereocenters. The van der Waals surface area contributed by atoms with Gasteiger partial charge in [-0.15, -0.1) is 0 Å². The van der Waals surface area contributed by atoms with Crippen LogP contribution in [0.5, 0.6) is 0 Å². The molecule has 0 fully saturated rings. The lowest BCUT2D eigenvalue weighted by atomic mass is 10.0. The van der Waals surface area contributed by atoms with Gasteiger partial charge < -0.3 is 0 Å². The van der Waals surface area contributed by atoms with Crippen LogP contribution in [0, 0.1) is 0 Å².